The van der Waals surface area contributed by atoms with Crippen LogP contribution in [0.4, 0.5) is 0 Å². The zero-order chi connectivity index (χ0) is 33.3. The molecule has 0 heterocycles. The topological polar surface area (TPSA) is 74.6 Å². The molecule has 0 saturated carbocycles. The Kier molecular flexibility index (Phi) is 23.6. The average molecular weight is 1010 g/mol. The van der Waals surface area contributed by atoms with Crippen molar-refractivity contribution in [3.63, 3.8) is 0 Å². The van der Waals surface area contributed by atoms with E-state index in [4.69, 9.17) is 0 Å². The molecule has 250 valence electrons. The molecule has 2 atom stereocenters. The number of rotatable bonds is 29. The molecule has 0 fully saturated rings. The van der Waals surface area contributed by atoms with Gasteiger partial charge in [0.05, 0.1) is 0 Å². The van der Waals surface area contributed by atoms with Gasteiger partial charge in [0.1, 0.15) is 0 Å². The normalized spacial score (nSPS) is 13.7. The second kappa shape index (κ2) is 26.2. The van der Waals surface area contributed by atoms with Gasteiger partial charge < -0.3 is 0 Å². The Balaban J connectivity index is 2.29. The van der Waals surface area contributed by atoms with Crippen LogP contribution >= 0.6 is 0 Å². The van der Waals surface area contributed by atoms with Crippen molar-refractivity contribution in [3.05, 3.63) is 60.7 Å². The van der Waals surface area contributed by atoms with Gasteiger partial charge in [-0.25, -0.2) is 0 Å². The molecule has 0 bridgehead atoms. The first kappa shape index (κ1) is 41.4. The van der Waals surface area contributed by atoms with Crippen LogP contribution in [0.5, 0.6) is 0 Å². The summed E-state index contributed by atoms with van der Waals surface area (Å²) in [5.41, 5.74) is -1.14. The third-order valence-electron chi connectivity index (χ3n) is 10.3. The van der Waals surface area contributed by atoms with Crippen LogP contribution in [0.2, 0.25) is 6.85 Å². The van der Waals surface area contributed by atoms with Gasteiger partial charge in [0, 0.05) is 0 Å². The molecule has 0 spiro atoms. The van der Waals surface area contributed by atoms with E-state index in [2.05, 4.69) is 62.4 Å². The SMILES string of the molecule is CCCCCCCCCCC[CH]([Hg][c]1ccccc1)C(CC(=O)O)(C(=O)O)[CH](CCCCCCCCCCC)[Hg][c]1ccccc1. The fourth-order valence-electron chi connectivity index (χ4n) is 7.58. The zero-order valence-electron chi connectivity index (χ0n) is 29.4. The first-order valence-corrected chi connectivity index (χ1v) is 30.8. The maximum absolute atomic E-state index is 13.7. The molecule has 0 aliphatic carbocycles. The number of carbonyl (C=O) groups is 2. The second-order valence-electron chi connectivity index (χ2n) is 13.9. The van der Waals surface area contributed by atoms with E-state index in [1.54, 1.807) is 0 Å². The number of carboxylic acids is 2. The minimum absolute atomic E-state index is 0.0281. The number of hydrogen-bond acceptors (Lipinski definition) is 2. The van der Waals surface area contributed by atoms with Crippen LogP contribution in [0.25, 0.3) is 0 Å². The van der Waals surface area contributed by atoms with Gasteiger partial charge in [-0.1, -0.05) is 0 Å². The summed E-state index contributed by atoms with van der Waals surface area (Å²) in [4.78, 5) is 26.4. The summed E-state index contributed by atoms with van der Waals surface area (Å²) in [7, 11) is 0. The van der Waals surface area contributed by atoms with E-state index in [9.17, 15) is 19.8 Å². The second-order valence-corrected chi connectivity index (χ2v) is 31.1. The van der Waals surface area contributed by atoms with Crippen LogP contribution in [0.1, 0.15) is 149 Å². The Morgan fingerprint density at radius 2 is 0.870 bits per heavy atom. The molecule has 2 N–H and O–H groups in total. The summed E-state index contributed by atoms with van der Waals surface area (Å²) in [5.74, 6) is -1.75. The first-order valence-electron chi connectivity index (χ1n) is 19.0. The molecule has 0 aliphatic heterocycles. The van der Waals surface area contributed by atoms with Crippen molar-refractivity contribution in [2.24, 2.45) is 5.41 Å². The van der Waals surface area contributed by atoms with Gasteiger partial charge in [0.25, 0.3) is 0 Å². The Morgan fingerprint density at radius 3 is 1.17 bits per heavy atom. The molecule has 2 aromatic carbocycles. The fourth-order valence-corrected chi connectivity index (χ4v) is 33.0. The third kappa shape index (κ3) is 16.6. The molecule has 2 unspecified atom stereocenters. The van der Waals surface area contributed by atoms with Crippen molar-refractivity contribution in [1.29, 1.82) is 0 Å². The van der Waals surface area contributed by atoms with Gasteiger partial charge in [0.15, 0.2) is 0 Å². The number of carboxylic acid groups (broad SMARTS) is 2. The summed E-state index contributed by atoms with van der Waals surface area (Å²) in [6.07, 6.45) is 23.8. The summed E-state index contributed by atoms with van der Waals surface area (Å²) < 4.78 is 2.75. The van der Waals surface area contributed by atoms with Crippen LogP contribution in [-0.2, 0) is 58.7 Å². The number of unbranched alkanes of at least 4 members (excludes halogenated alkanes) is 16. The predicted molar refractivity (Wildman–Crippen MR) is 186 cm³/mol. The molecular formula is C40H62Hg2O4. The molecule has 2 aromatic rings. The average Bonchev–Trinajstić information content (AvgIpc) is 3.05. The molecular weight excluding hydrogens is 946 g/mol. The van der Waals surface area contributed by atoms with E-state index in [-0.39, 0.29) is 13.3 Å². The maximum atomic E-state index is 13.7. The Morgan fingerprint density at radius 1 is 0.543 bits per heavy atom. The third-order valence-corrected chi connectivity index (χ3v) is 30.3. The van der Waals surface area contributed by atoms with Crippen molar-refractivity contribution in [2.75, 3.05) is 0 Å². The molecule has 6 heteroatoms. The quantitative estimate of drug-likeness (QED) is 0.0629. The Hall–Kier alpha value is -0.750. The van der Waals surface area contributed by atoms with E-state index < -0.39 is 66.5 Å². The standard InChI is InChI=1S/C28H52O4.2C6H5.2Hg/c1-3-5-7-9-11-13-15-17-19-21-23-28(27(31)32,25-26(29)30)24-22-20-18-16-14-12-10-8-6-4-2;2*1-2-4-6-5-3-1;;/h23-24H,3-22,25H2,1-2H3,(H,29,30)(H,31,32);2*1-5H;;. The zero-order valence-corrected chi connectivity index (χ0v) is 40.4. The van der Waals surface area contributed by atoms with Crippen molar-refractivity contribution in [1.82, 2.24) is 0 Å². The van der Waals surface area contributed by atoms with E-state index in [0.717, 1.165) is 38.5 Å². The van der Waals surface area contributed by atoms with Crippen LogP contribution in [0, 0.1) is 5.41 Å². The number of hydrogen-bond donors (Lipinski definition) is 2. The molecule has 2 rings (SSSR count). The Bertz CT molecular complexity index is 978. The molecule has 4 nitrogen and oxygen atoms in total. The van der Waals surface area contributed by atoms with Gasteiger partial charge >= 0.3 is 309 Å². The van der Waals surface area contributed by atoms with Gasteiger partial charge in [-0.2, -0.15) is 0 Å². The van der Waals surface area contributed by atoms with E-state index in [1.807, 2.05) is 12.1 Å². The molecule has 0 saturated heterocycles. The minimum atomic E-state index is -2.03. The van der Waals surface area contributed by atoms with Crippen molar-refractivity contribution in [3.8, 4) is 0 Å². The van der Waals surface area contributed by atoms with Gasteiger partial charge in [0.2, 0.25) is 0 Å². The van der Waals surface area contributed by atoms with E-state index >= 15 is 0 Å². The summed E-state index contributed by atoms with van der Waals surface area (Å²) in [6.45, 7) is 4.51. The summed E-state index contributed by atoms with van der Waals surface area (Å²) >= 11 is -4.05. The van der Waals surface area contributed by atoms with Crippen LogP contribution < -0.4 is 6.14 Å². The van der Waals surface area contributed by atoms with Crippen LogP contribution in [-0.4, -0.2) is 22.2 Å². The molecule has 0 aliphatic rings. The fraction of sp³-hybridized carbons (Fsp3) is 0.650. The van der Waals surface area contributed by atoms with Crippen molar-refractivity contribution < 1.29 is 69.0 Å². The monoisotopic (exact) mass is 1010 g/mol. The van der Waals surface area contributed by atoms with Crippen molar-refractivity contribution >= 4 is 18.1 Å². The number of benzene rings is 2. The van der Waals surface area contributed by atoms with Gasteiger partial charge in [-0.05, 0) is 0 Å². The number of aliphatic carboxylic acids is 2. The predicted octanol–water partition coefficient (Wildman–Crippen LogP) is 10.8. The van der Waals surface area contributed by atoms with E-state index in [1.165, 1.54) is 96.0 Å². The summed E-state index contributed by atoms with van der Waals surface area (Å²) in [5, 5.41) is 21.6. The molecule has 46 heavy (non-hydrogen) atoms. The van der Waals surface area contributed by atoms with Gasteiger partial charge in [-0.3, -0.25) is 0 Å². The molecule has 0 amide bonds. The van der Waals surface area contributed by atoms with Crippen molar-refractivity contribution in [2.45, 2.75) is 156 Å². The van der Waals surface area contributed by atoms with E-state index in [0.29, 0.717) is 0 Å². The Labute approximate surface area is 306 Å². The molecule has 0 aromatic heterocycles. The first-order chi connectivity index (χ1) is 22.4. The van der Waals surface area contributed by atoms with Crippen LogP contribution in [0.3, 0.4) is 0 Å². The van der Waals surface area contributed by atoms with Gasteiger partial charge in [-0.15, -0.1) is 0 Å². The van der Waals surface area contributed by atoms with Crippen LogP contribution in [0.15, 0.2) is 60.7 Å². The summed E-state index contributed by atoms with van der Waals surface area (Å²) in [6, 6.07) is 21.1. The molecule has 0 radical (unpaired) electrons.